The molecule has 8 heteroatoms. The van der Waals surface area contributed by atoms with Crippen molar-refractivity contribution in [3.05, 3.63) is 37.9 Å². The van der Waals surface area contributed by atoms with Crippen molar-refractivity contribution in [1.82, 2.24) is 10.2 Å². The van der Waals surface area contributed by atoms with Crippen LogP contribution in [-0.2, 0) is 13.0 Å². The van der Waals surface area contributed by atoms with Crippen LogP contribution in [0.15, 0.2) is 28.2 Å². The summed E-state index contributed by atoms with van der Waals surface area (Å²) in [5.41, 5.74) is 7.64. The van der Waals surface area contributed by atoms with E-state index in [4.69, 9.17) is 10.8 Å². The quantitative estimate of drug-likeness (QED) is 0.594. The number of aliphatic hydroxyl groups is 1. The predicted molar refractivity (Wildman–Crippen MR) is 95.5 cm³/mol. The normalized spacial score (nSPS) is 12.7. The summed E-state index contributed by atoms with van der Waals surface area (Å²) in [5.74, 6) is 0. The summed E-state index contributed by atoms with van der Waals surface area (Å²) >= 11 is 6.93. The van der Waals surface area contributed by atoms with Crippen LogP contribution in [0.1, 0.15) is 9.75 Å². The molecule has 0 bridgehead atoms. The summed E-state index contributed by atoms with van der Waals surface area (Å²) in [6.45, 7) is 0.731. The molecule has 0 radical (unpaired) electrons. The molecule has 22 heavy (non-hydrogen) atoms. The van der Waals surface area contributed by atoms with Crippen LogP contribution in [0, 0.1) is 0 Å². The van der Waals surface area contributed by atoms with E-state index in [1.54, 1.807) is 28.9 Å². The number of nitrogens with one attached hydrogen (secondary N) is 1. The second-order valence-electron chi connectivity index (χ2n) is 4.85. The first-order valence-electron chi connectivity index (χ1n) is 6.74. The third-order valence-corrected chi connectivity index (χ3v) is 6.43. The number of fused-ring (bicyclic) bond motifs is 1. The lowest BCUT2D eigenvalue weighted by molar-refractivity contribution is 0.265. The number of aromatic nitrogens is 2. The van der Waals surface area contributed by atoms with Crippen LogP contribution < -0.4 is 11.1 Å². The molecule has 3 aromatic rings. The van der Waals surface area contributed by atoms with Crippen LogP contribution in [-0.4, -0.2) is 28.0 Å². The Hall–Kier alpha value is -1.06. The number of anilines is 1. The van der Waals surface area contributed by atoms with Gasteiger partial charge in [-0.25, -0.2) is 0 Å². The number of aliphatic hydroxyl groups excluding tert-OH is 1. The molecule has 0 spiro atoms. The van der Waals surface area contributed by atoms with Gasteiger partial charge < -0.3 is 16.2 Å². The third-order valence-electron chi connectivity index (χ3n) is 3.20. The molecule has 0 saturated carbocycles. The van der Waals surface area contributed by atoms with Gasteiger partial charge in [-0.3, -0.25) is 0 Å². The minimum Gasteiger partial charge on any atom is -0.395 e. The fourth-order valence-electron chi connectivity index (χ4n) is 2.08. The molecular weight excluding hydrogens is 384 g/mol. The Morgan fingerprint density at radius 1 is 1.45 bits per heavy atom. The lowest BCUT2D eigenvalue weighted by Crippen LogP contribution is -2.26. The number of halogens is 1. The molecule has 0 aliphatic carbocycles. The minimum absolute atomic E-state index is 0.0319. The first-order valence-corrected chi connectivity index (χ1v) is 9.23. The van der Waals surface area contributed by atoms with Gasteiger partial charge in [0.2, 0.25) is 0 Å². The number of nitrogens with two attached hydrogens (primary N) is 1. The molecule has 0 saturated heterocycles. The topological polar surface area (TPSA) is 84.1 Å². The highest BCUT2D eigenvalue weighted by Gasteiger charge is 2.16. The van der Waals surface area contributed by atoms with E-state index in [1.165, 1.54) is 4.88 Å². The Bertz CT molecular complexity index is 760. The van der Waals surface area contributed by atoms with Crippen molar-refractivity contribution < 1.29 is 5.11 Å². The SMILES string of the molecule is N[C@@H](CO)Cc1sc2c(NCc3cccs3)cnnc2c1Br. The highest BCUT2D eigenvalue weighted by molar-refractivity contribution is 9.10. The summed E-state index contributed by atoms with van der Waals surface area (Å²) < 4.78 is 1.97. The van der Waals surface area contributed by atoms with Crippen LogP contribution in [0.3, 0.4) is 0 Å². The zero-order valence-corrected chi connectivity index (χ0v) is 14.8. The van der Waals surface area contributed by atoms with E-state index in [2.05, 4.69) is 42.9 Å². The van der Waals surface area contributed by atoms with E-state index in [0.29, 0.717) is 6.42 Å². The van der Waals surface area contributed by atoms with E-state index < -0.39 is 0 Å². The lowest BCUT2D eigenvalue weighted by atomic mass is 10.2. The maximum Gasteiger partial charge on any atom is 0.120 e. The van der Waals surface area contributed by atoms with Crippen molar-refractivity contribution in [3.8, 4) is 0 Å². The van der Waals surface area contributed by atoms with Gasteiger partial charge in [0, 0.05) is 28.8 Å². The van der Waals surface area contributed by atoms with E-state index in [-0.39, 0.29) is 12.6 Å². The fourth-order valence-corrected chi connectivity index (χ4v) is 4.74. The fraction of sp³-hybridized carbons (Fsp3) is 0.286. The van der Waals surface area contributed by atoms with E-state index >= 15 is 0 Å². The van der Waals surface area contributed by atoms with Gasteiger partial charge >= 0.3 is 0 Å². The molecule has 0 unspecified atom stereocenters. The molecule has 5 nitrogen and oxygen atoms in total. The standard InChI is InChI=1S/C14H15BrN4OS2/c15-12-11(4-8(16)7-20)22-14-10(6-18-19-13(12)14)17-5-9-2-1-3-21-9/h1-3,6,8,20H,4-5,7,16H2,(H,17,19)/t8-/m1/s1. The van der Waals surface area contributed by atoms with Crippen molar-refractivity contribution in [1.29, 1.82) is 0 Å². The molecule has 0 amide bonds. The number of nitrogens with zero attached hydrogens (tertiary/aromatic N) is 2. The summed E-state index contributed by atoms with van der Waals surface area (Å²) in [5, 5.41) is 22.9. The van der Waals surface area contributed by atoms with Gasteiger partial charge in [0.25, 0.3) is 0 Å². The Morgan fingerprint density at radius 2 is 2.32 bits per heavy atom. The first kappa shape index (κ1) is 15.8. The van der Waals surface area contributed by atoms with Gasteiger partial charge in [0.15, 0.2) is 0 Å². The number of rotatable bonds is 6. The predicted octanol–water partition coefficient (Wildman–Crippen LogP) is 2.99. The molecule has 3 rings (SSSR count). The van der Waals surface area contributed by atoms with E-state index in [1.807, 2.05) is 6.07 Å². The molecule has 1 atom stereocenters. The maximum absolute atomic E-state index is 9.13. The Kier molecular flexibility index (Phi) is 5.04. The molecule has 0 aliphatic heterocycles. The Labute approximate surface area is 144 Å². The van der Waals surface area contributed by atoms with Gasteiger partial charge in [-0.1, -0.05) is 6.07 Å². The molecule has 3 heterocycles. The van der Waals surface area contributed by atoms with E-state index in [9.17, 15) is 0 Å². The Balaban J connectivity index is 1.89. The van der Waals surface area contributed by atoms with Crippen molar-refractivity contribution in [3.63, 3.8) is 0 Å². The Morgan fingerprint density at radius 3 is 3.05 bits per heavy atom. The monoisotopic (exact) mass is 398 g/mol. The first-order chi connectivity index (χ1) is 10.7. The second-order valence-corrected chi connectivity index (χ2v) is 7.79. The van der Waals surface area contributed by atoms with Crippen LogP contribution >= 0.6 is 38.6 Å². The maximum atomic E-state index is 9.13. The van der Waals surface area contributed by atoms with E-state index in [0.717, 1.165) is 31.8 Å². The summed E-state index contributed by atoms with van der Waals surface area (Å²) in [6, 6.07) is 3.87. The minimum atomic E-state index is -0.264. The molecule has 0 fully saturated rings. The molecule has 4 N–H and O–H groups in total. The van der Waals surface area contributed by atoms with Crippen molar-refractivity contribution in [2.45, 2.75) is 19.0 Å². The highest BCUT2D eigenvalue weighted by atomic mass is 79.9. The average molecular weight is 399 g/mol. The van der Waals surface area contributed by atoms with Crippen molar-refractivity contribution in [2.75, 3.05) is 11.9 Å². The summed E-state index contributed by atoms with van der Waals surface area (Å²) in [6.07, 6.45) is 2.36. The largest absolute Gasteiger partial charge is 0.395 e. The number of thiophene rings is 2. The second kappa shape index (κ2) is 7.01. The van der Waals surface area contributed by atoms with Crippen LogP contribution in [0.5, 0.6) is 0 Å². The van der Waals surface area contributed by atoms with Gasteiger partial charge in [-0.05, 0) is 27.4 Å². The smallest absolute Gasteiger partial charge is 0.120 e. The van der Waals surface area contributed by atoms with Gasteiger partial charge in [0.05, 0.1) is 27.7 Å². The molecule has 0 aliphatic rings. The van der Waals surface area contributed by atoms with Gasteiger partial charge in [-0.2, -0.15) is 5.10 Å². The van der Waals surface area contributed by atoms with Crippen molar-refractivity contribution in [2.24, 2.45) is 5.73 Å². The average Bonchev–Trinajstić information content (AvgIpc) is 3.15. The molecule has 116 valence electrons. The zero-order valence-electron chi connectivity index (χ0n) is 11.6. The van der Waals surface area contributed by atoms with Gasteiger partial charge in [0.1, 0.15) is 5.52 Å². The summed E-state index contributed by atoms with van der Waals surface area (Å²) in [4.78, 5) is 2.35. The number of hydrogen-bond acceptors (Lipinski definition) is 7. The summed E-state index contributed by atoms with van der Waals surface area (Å²) in [7, 11) is 0. The molecule has 3 aromatic heterocycles. The zero-order chi connectivity index (χ0) is 15.5. The van der Waals surface area contributed by atoms with Crippen LogP contribution in [0.2, 0.25) is 0 Å². The van der Waals surface area contributed by atoms with Crippen molar-refractivity contribution >= 4 is 54.5 Å². The van der Waals surface area contributed by atoms with Crippen LogP contribution in [0.4, 0.5) is 5.69 Å². The highest BCUT2D eigenvalue weighted by Crippen LogP contribution is 2.38. The third kappa shape index (κ3) is 3.31. The van der Waals surface area contributed by atoms with Gasteiger partial charge in [-0.15, -0.1) is 27.8 Å². The van der Waals surface area contributed by atoms with Crippen LogP contribution in [0.25, 0.3) is 10.2 Å². The lowest BCUT2D eigenvalue weighted by Gasteiger charge is -2.05. The molecular formula is C14H15BrN4OS2. The molecule has 0 aromatic carbocycles. The number of hydrogen-bond donors (Lipinski definition) is 3.